The molecule has 3 heterocycles. The first-order chi connectivity index (χ1) is 14.5. The molecule has 0 unspecified atom stereocenters. The van der Waals surface area contributed by atoms with Crippen molar-refractivity contribution in [3.05, 3.63) is 59.9 Å². The fourth-order valence-corrected chi connectivity index (χ4v) is 4.89. The van der Waals surface area contributed by atoms with Crippen molar-refractivity contribution in [1.82, 2.24) is 19.6 Å². The van der Waals surface area contributed by atoms with Gasteiger partial charge in [-0.25, -0.2) is 13.4 Å². The van der Waals surface area contributed by atoms with Gasteiger partial charge in [0.15, 0.2) is 0 Å². The smallest absolute Gasteiger partial charge is 0.253 e. The number of pyridine rings is 1. The number of piperidine rings is 1. The highest BCUT2D eigenvalue weighted by molar-refractivity contribution is 7.89. The molecule has 1 amide bonds. The Kier molecular flexibility index (Phi) is 5.57. The molecule has 0 bridgehead atoms. The topological polar surface area (TPSA) is 95.2 Å². The lowest BCUT2D eigenvalue weighted by molar-refractivity contribution is 0.0713. The average molecular weight is 423 g/mol. The van der Waals surface area contributed by atoms with Gasteiger partial charge in [0.2, 0.25) is 10.0 Å². The molecule has 1 aliphatic heterocycles. The molecule has 0 saturated carbocycles. The van der Waals surface area contributed by atoms with Crippen molar-refractivity contribution in [1.29, 1.82) is 0 Å². The molecule has 0 spiro atoms. The summed E-state index contributed by atoms with van der Waals surface area (Å²) in [5.41, 5.74) is 2.47. The van der Waals surface area contributed by atoms with Crippen LogP contribution in [0, 0.1) is 12.3 Å². The number of hydrogen-bond acceptors (Lipinski definition) is 4. The van der Waals surface area contributed by atoms with Gasteiger partial charge in [-0.3, -0.25) is 4.79 Å². The molecule has 0 aliphatic carbocycles. The Morgan fingerprint density at radius 2 is 2.07 bits per heavy atom. The van der Waals surface area contributed by atoms with Crippen molar-refractivity contribution in [2.75, 3.05) is 19.6 Å². The van der Waals surface area contributed by atoms with E-state index >= 15 is 0 Å². The highest BCUT2D eigenvalue weighted by atomic mass is 32.2. The van der Waals surface area contributed by atoms with Crippen LogP contribution in [0.5, 0.6) is 0 Å². The van der Waals surface area contributed by atoms with Crippen LogP contribution in [-0.4, -0.2) is 48.8 Å². The van der Waals surface area contributed by atoms with Gasteiger partial charge in [0.25, 0.3) is 5.91 Å². The van der Waals surface area contributed by atoms with Crippen LogP contribution < -0.4 is 4.72 Å². The zero-order valence-corrected chi connectivity index (χ0v) is 17.2. The minimum atomic E-state index is -3.74. The summed E-state index contributed by atoms with van der Waals surface area (Å²) in [6.45, 7) is 1.13. The van der Waals surface area contributed by atoms with Crippen molar-refractivity contribution in [2.24, 2.45) is 0 Å². The summed E-state index contributed by atoms with van der Waals surface area (Å²) in [4.78, 5) is 22.3. The number of terminal acetylenes is 1. The van der Waals surface area contributed by atoms with Crippen LogP contribution in [0.3, 0.4) is 0 Å². The minimum Gasteiger partial charge on any atom is -0.346 e. The standard InChI is InChI=1S/C22H22N4O3S/c1-2-10-25-30(28,29)18-6-3-5-17(14-18)22(27)26-12-8-16(9-13-26)20-15-24-21-19(20)7-4-11-23-21/h1,3-7,11,14-16,25H,8-10,12-13H2,(H,23,24). The number of carbonyl (C=O) groups excluding carboxylic acids is 1. The normalized spacial score (nSPS) is 15.2. The maximum atomic E-state index is 13.0. The molecule has 1 aliphatic rings. The van der Waals surface area contributed by atoms with Crippen molar-refractivity contribution in [2.45, 2.75) is 23.7 Å². The van der Waals surface area contributed by atoms with Crippen molar-refractivity contribution in [3.63, 3.8) is 0 Å². The number of hydrogen-bond donors (Lipinski definition) is 2. The van der Waals surface area contributed by atoms with Gasteiger partial charge < -0.3 is 9.88 Å². The highest BCUT2D eigenvalue weighted by Gasteiger charge is 2.27. The zero-order valence-electron chi connectivity index (χ0n) is 16.3. The summed E-state index contributed by atoms with van der Waals surface area (Å²) in [5.74, 6) is 2.43. The fraction of sp³-hybridized carbons (Fsp3) is 0.273. The van der Waals surface area contributed by atoms with Gasteiger partial charge in [-0.15, -0.1) is 6.42 Å². The van der Waals surface area contributed by atoms with E-state index in [2.05, 4.69) is 26.7 Å². The summed E-state index contributed by atoms with van der Waals surface area (Å²) < 4.78 is 26.9. The second-order valence-electron chi connectivity index (χ2n) is 7.27. The third-order valence-electron chi connectivity index (χ3n) is 5.46. The summed E-state index contributed by atoms with van der Waals surface area (Å²) in [7, 11) is -3.74. The lowest BCUT2D eigenvalue weighted by Crippen LogP contribution is -2.38. The van der Waals surface area contributed by atoms with Crippen LogP contribution in [0.4, 0.5) is 0 Å². The quantitative estimate of drug-likeness (QED) is 0.618. The second kappa shape index (κ2) is 8.30. The number of rotatable bonds is 5. The molecule has 1 aromatic carbocycles. The zero-order chi connectivity index (χ0) is 21.1. The number of H-pyrrole nitrogens is 1. The molecule has 1 saturated heterocycles. The van der Waals surface area contributed by atoms with Gasteiger partial charge in [0, 0.05) is 36.4 Å². The highest BCUT2D eigenvalue weighted by Crippen LogP contribution is 2.33. The maximum Gasteiger partial charge on any atom is 0.253 e. The van der Waals surface area contributed by atoms with Crippen LogP contribution in [0.2, 0.25) is 0 Å². The number of sulfonamides is 1. The number of aromatic nitrogens is 2. The van der Waals surface area contributed by atoms with Crippen molar-refractivity contribution < 1.29 is 13.2 Å². The van der Waals surface area contributed by atoms with Crippen LogP contribution >= 0.6 is 0 Å². The van der Waals surface area contributed by atoms with Crippen LogP contribution in [0.15, 0.2) is 53.7 Å². The molecule has 3 aromatic rings. The van der Waals surface area contributed by atoms with Gasteiger partial charge in [0.1, 0.15) is 5.65 Å². The SMILES string of the molecule is C#CCNS(=O)(=O)c1cccc(C(=O)N2CCC(c3c[nH]c4ncccc34)CC2)c1. The fourth-order valence-electron chi connectivity index (χ4n) is 3.91. The molecular weight excluding hydrogens is 400 g/mol. The summed E-state index contributed by atoms with van der Waals surface area (Å²) >= 11 is 0. The predicted molar refractivity (Wildman–Crippen MR) is 114 cm³/mol. The number of aromatic amines is 1. The van der Waals surface area contributed by atoms with E-state index in [9.17, 15) is 13.2 Å². The molecule has 0 atom stereocenters. The third kappa shape index (κ3) is 3.95. The second-order valence-corrected chi connectivity index (χ2v) is 9.03. The number of nitrogens with one attached hydrogen (secondary N) is 2. The largest absolute Gasteiger partial charge is 0.346 e. The van der Waals surface area contributed by atoms with Crippen LogP contribution in [0.1, 0.15) is 34.7 Å². The van der Waals surface area contributed by atoms with E-state index in [4.69, 9.17) is 6.42 Å². The number of amides is 1. The van der Waals surface area contributed by atoms with E-state index in [0.29, 0.717) is 24.6 Å². The molecule has 2 N–H and O–H groups in total. The Labute approximate surface area is 175 Å². The van der Waals surface area contributed by atoms with Gasteiger partial charge >= 0.3 is 0 Å². The van der Waals surface area contributed by atoms with Crippen molar-refractivity contribution >= 4 is 27.0 Å². The van der Waals surface area contributed by atoms with Gasteiger partial charge in [-0.1, -0.05) is 12.0 Å². The van der Waals surface area contributed by atoms with E-state index < -0.39 is 10.0 Å². The molecule has 154 valence electrons. The van der Waals surface area contributed by atoms with E-state index in [1.807, 2.05) is 12.3 Å². The molecule has 8 heteroatoms. The Bertz CT molecular complexity index is 1220. The summed E-state index contributed by atoms with van der Waals surface area (Å²) in [5, 5.41) is 1.12. The monoisotopic (exact) mass is 422 g/mol. The van der Waals surface area contributed by atoms with E-state index in [0.717, 1.165) is 23.9 Å². The van der Waals surface area contributed by atoms with Gasteiger partial charge in [-0.05, 0) is 54.7 Å². The first-order valence-electron chi connectivity index (χ1n) is 9.74. The first-order valence-corrected chi connectivity index (χ1v) is 11.2. The molecule has 2 aromatic heterocycles. The molecular formula is C22H22N4O3S. The van der Waals surface area contributed by atoms with Crippen LogP contribution in [0.25, 0.3) is 11.0 Å². The molecule has 1 fully saturated rings. The Balaban J connectivity index is 1.46. The summed E-state index contributed by atoms with van der Waals surface area (Å²) in [6.07, 6.45) is 10.6. The number of likely N-dealkylation sites (tertiary alicyclic amines) is 1. The maximum absolute atomic E-state index is 13.0. The van der Waals surface area contributed by atoms with E-state index in [-0.39, 0.29) is 17.3 Å². The number of fused-ring (bicyclic) bond motifs is 1. The minimum absolute atomic E-state index is 0.0322. The number of nitrogens with zero attached hydrogens (tertiary/aromatic N) is 2. The Hall–Kier alpha value is -3.15. The number of carbonyl (C=O) groups is 1. The number of benzene rings is 1. The van der Waals surface area contributed by atoms with Gasteiger partial charge in [0.05, 0.1) is 11.4 Å². The summed E-state index contributed by atoms with van der Waals surface area (Å²) in [6, 6.07) is 10.1. The van der Waals surface area contributed by atoms with Crippen molar-refractivity contribution in [3.8, 4) is 12.3 Å². The van der Waals surface area contributed by atoms with E-state index in [1.165, 1.54) is 17.7 Å². The van der Waals surface area contributed by atoms with E-state index in [1.54, 1.807) is 23.2 Å². The van der Waals surface area contributed by atoms with Gasteiger partial charge in [-0.2, -0.15) is 4.72 Å². The lowest BCUT2D eigenvalue weighted by Gasteiger charge is -2.32. The molecule has 4 rings (SSSR count). The molecule has 7 nitrogen and oxygen atoms in total. The Morgan fingerprint density at radius 3 is 2.83 bits per heavy atom. The predicted octanol–water partition coefficient (Wildman–Crippen LogP) is 2.49. The van der Waals surface area contributed by atoms with Crippen LogP contribution in [-0.2, 0) is 10.0 Å². The lowest BCUT2D eigenvalue weighted by atomic mass is 9.89. The molecule has 30 heavy (non-hydrogen) atoms. The Morgan fingerprint density at radius 1 is 1.27 bits per heavy atom. The molecule has 0 radical (unpaired) electrons. The third-order valence-corrected chi connectivity index (χ3v) is 6.86. The average Bonchev–Trinajstić information content (AvgIpc) is 3.22. The first kappa shape index (κ1) is 20.1.